The van der Waals surface area contributed by atoms with Crippen molar-refractivity contribution in [3.05, 3.63) is 85.1 Å². The van der Waals surface area contributed by atoms with E-state index in [2.05, 4.69) is 20.8 Å². The summed E-state index contributed by atoms with van der Waals surface area (Å²) in [5.74, 6) is -4.64. The van der Waals surface area contributed by atoms with Crippen LogP contribution < -0.4 is 40.4 Å². The van der Waals surface area contributed by atoms with Crippen molar-refractivity contribution in [3.8, 4) is 0 Å². The molecule has 22 nitrogen and oxygen atoms in total. The van der Waals surface area contributed by atoms with Gasteiger partial charge in [0.1, 0.15) is 18.1 Å². The Kier molecular flexibility index (Phi) is 32.5. The summed E-state index contributed by atoms with van der Waals surface area (Å²) in [6, 6.07) is -1.15. The maximum atomic E-state index is 12.6. The molecule has 528 valence electrons. The predicted molar refractivity (Wildman–Crippen MR) is 343 cm³/mol. The summed E-state index contributed by atoms with van der Waals surface area (Å²) >= 11 is 0. The molecule has 0 aromatic rings. The molecule has 94 heavy (non-hydrogen) atoms. The van der Waals surface area contributed by atoms with Crippen LogP contribution in [0.2, 0.25) is 0 Å². The average Bonchev–Trinajstić information content (AvgIpc) is 1.40. The molecular weight excluding hydrogens is 1230 g/mol. The van der Waals surface area contributed by atoms with Gasteiger partial charge in [0.25, 0.3) is 0 Å². The van der Waals surface area contributed by atoms with E-state index in [-0.39, 0.29) is 90.6 Å². The van der Waals surface area contributed by atoms with E-state index in [0.717, 1.165) is 32.1 Å². The molecule has 23 heteroatoms. The van der Waals surface area contributed by atoms with Crippen LogP contribution in [-0.4, -0.2) is 194 Å². The molecular formula is C71H112NNaO21. The fourth-order valence-electron chi connectivity index (χ4n) is 16.7. The number of aliphatic carboxylic acids is 2. The summed E-state index contributed by atoms with van der Waals surface area (Å²) in [5, 5.41) is 151. The third-order valence-corrected chi connectivity index (χ3v) is 22.3. The van der Waals surface area contributed by atoms with E-state index in [9.17, 15) is 85.9 Å². The van der Waals surface area contributed by atoms with Gasteiger partial charge in [0.15, 0.2) is 12.1 Å². The first kappa shape index (κ1) is 81.6. The molecule has 0 aromatic carbocycles. The zero-order valence-corrected chi connectivity index (χ0v) is 58.5. The van der Waals surface area contributed by atoms with Gasteiger partial charge in [-0.3, -0.25) is 9.59 Å². The number of nitrogens with two attached hydrogens (primary N) is 1. The smallest absolute Gasteiger partial charge is 0.550 e. The minimum atomic E-state index is -2.33. The number of hydrogen-bond acceptors (Lipinski definition) is 21. The van der Waals surface area contributed by atoms with Crippen molar-refractivity contribution in [1.29, 1.82) is 0 Å². The van der Waals surface area contributed by atoms with E-state index in [0.29, 0.717) is 41.9 Å². The zero-order valence-electron chi connectivity index (χ0n) is 56.5. The fraction of sp³-hybridized carbons (Fsp3) is 0.761. The summed E-state index contributed by atoms with van der Waals surface area (Å²) in [5.41, 5.74) is 6.20. The Morgan fingerprint density at radius 1 is 0.660 bits per heavy atom. The molecule has 3 heterocycles. The Balaban J connectivity index is 0.000000454. The topological polar surface area (TPSA) is 400 Å². The number of aliphatic hydroxyl groups excluding tert-OH is 11. The van der Waals surface area contributed by atoms with Gasteiger partial charge in [0.2, 0.25) is 0 Å². The van der Waals surface area contributed by atoms with Gasteiger partial charge >= 0.3 is 41.5 Å². The molecule has 2 bridgehead atoms. The molecule has 2 saturated heterocycles. The van der Waals surface area contributed by atoms with Crippen LogP contribution in [0.4, 0.5) is 0 Å². The first-order valence-corrected chi connectivity index (χ1v) is 34.1. The average molecular weight is 1340 g/mol. The van der Waals surface area contributed by atoms with Gasteiger partial charge < -0.3 is 101 Å². The monoisotopic (exact) mass is 1340 g/mol. The number of allylic oxidation sites excluding steroid dienone is 12. The number of fused-ring (bicyclic) bond motifs is 7. The first-order valence-electron chi connectivity index (χ1n) is 34.1. The van der Waals surface area contributed by atoms with Crippen LogP contribution in [0.1, 0.15) is 164 Å². The van der Waals surface area contributed by atoms with Crippen LogP contribution in [0.15, 0.2) is 85.1 Å². The van der Waals surface area contributed by atoms with E-state index >= 15 is 0 Å². The maximum absolute atomic E-state index is 12.6. The third kappa shape index (κ3) is 22.0. The van der Waals surface area contributed by atoms with E-state index in [1.807, 2.05) is 19.1 Å². The molecule has 0 radical (unpaired) electrons. The summed E-state index contributed by atoms with van der Waals surface area (Å²) in [6.45, 7) is 13.7. The molecule has 4 aliphatic carbocycles. The van der Waals surface area contributed by atoms with Gasteiger partial charge in [0, 0.05) is 43.5 Å². The number of rotatable bonds is 7. The largest absolute Gasteiger partial charge is 1.00 e. The molecule has 15 N–H and O–H groups in total. The van der Waals surface area contributed by atoms with Crippen LogP contribution in [0, 0.1) is 64.1 Å². The third-order valence-electron chi connectivity index (χ3n) is 22.3. The van der Waals surface area contributed by atoms with Crippen molar-refractivity contribution in [1.82, 2.24) is 0 Å². The van der Waals surface area contributed by atoms with Gasteiger partial charge in [-0.1, -0.05) is 120 Å². The Morgan fingerprint density at radius 3 is 1.88 bits per heavy atom. The standard InChI is InChI=1S/C47H73NO17.C24H40O4.Na/c1-27-17-15-13-11-9-7-5-6-8-10-12-14-16-18-34(64-46-44(58)41(48)43(57)30(4)63-46)24-38-40(45(59)60)37(54)26-47(61,65-38)25-33(51)22-36(53)35(52)20-19-31(49)21-32(50)23-39(55)62-29(3)28(2)42(27)56;1-14(4-9-22(27)28)18-7-8-19-17-6-5-15-12-16(25)10-11-23(15,2)20(17)13-21(26)24(18,19)3;/h5-18,27-38,40-44,46,49-54,56-58,61H,19-26,48H2,1-4H3,(H,59,60);14-21,25-26H,4-13H2,1-3H3,(H,27,28);/q;;+1/p-1/t27-,28-,29-,30+,31+,32+,33-,34-,35+,36+,37-,38-,40+,41-,42+,43+,44-,46-,47+;14-,15-,16-,17+,18-,19+,20+,21+,23+,24-;/m01./s1. The van der Waals surface area contributed by atoms with Gasteiger partial charge in [-0.2, -0.15) is 0 Å². The Labute approximate surface area is 577 Å². The number of ether oxygens (including phenoxy) is 4. The summed E-state index contributed by atoms with van der Waals surface area (Å²) < 4.78 is 23.1. The van der Waals surface area contributed by atoms with E-state index in [1.165, 1.54) is 32.3 Å². The number of carboxylic acids is 2. The molecule has 0 amide bonds. The van der Waals surface area contributed by atoms with Gasteiger partial charge in [0.05, 0.1) is 91.8 Å². The van der Waals surface area contributed by atoms with Crippen LogP contribution in [0.25, 0.3) is 0 Å². The number of carbonyl (C=O) groups excluding carboxylic acids is 2. The number of cyclic esters (lactones) is 1. The summed E-state index contributed by atoms with van der Waals surface area (Å²) in [4.78, 5) is 36.0. The number of carboxylic acid groups (broad SMARTS) is 2. The molecule has 7 rings (SSSR count). The number of carbonyl (C=O) groups is 3. The van der Waals surface area contributed by atoms with Crippen molar-refractivity contribution >= 4 is 17.9 Å². The maximum Gasteiger partial charge on any atom is 1.00 e. The molecule has 0 aromatic heterocycles. The Bertz CT molecular complexity index is 2580. The predicted octanol–water partition coefficient (Wildman–Crippen LogP) is 0.859. The Hall–Kier alpha value is -3.05. The van der Waals surface area contributed by atoms with Crippen LogP contribution in [0.5, 0.6) is 0 Å². The number of aliphatic hydroxyl groups is 12. The van der Waals surface area contributed by atoms with Crippen molar-refractivity contribution in [2.24, 2.45) is 69.8 Å². The second-order valence-electron chi connectivity index (χ2n) is 28.8. The van der Waals surface area contributed by atoms with Gasteiger partial charge in [-0.05, 0) is 144 Å². The van der Waals surface area contributed by atoms with Crippen molar-refractivity contribution in [2.45, 2.75) is 274 Å². The van der Waals surface area contributed by atoms with Crippen LogP contribution in [-0.2, 0) is 33.3 Å². The second-order valence-corrected chi connectivity index (χ2v) is 28.8. The number of esters is 1. The minimum absolute atomic E-state index is 0. The van der Waals surface area contributed by atoms with E-state index in [4.69, 9.17) is 24.7 Å². The first-order chi connectivity index (χ1) is 43.8. The quantitative estimate of drug-likeness (QED) is 0.124. The van der Waals surface area contributed by atoms with E-state index < -0.39 is 153 Å². The minimum Gasteiger partial charge on any atom is -0.550 e. The van der Waals surface area contributed by atoms with E-state index in [1.54, 1.807) is 80.7 Å². The van der Waals surface area contributed by atoms with Crippen molar-refractivity contribution < 1.29 is 134 Å². The molecule has 0 spiro atoms. The SMILES string of the molecule is C[C@@H]1[C@H](O)[C@@H](C)C=CC=CC=CC=CC=CC=CC=C[C@H](O[C@@H]2O[C@H](C)[C@@H](O)[C@H](N)[C@@H]2O)C[C@@H]2O[C@](O)(C[C@@H](O)C[C@@H](O)[C@H](O)CC[C@@H](O)C[C@@H](O)CC(=O)O[C@H]1C)C[C@H](O)[C@H]2C(=O)O.C[C@H](CCC(=O)[O-])[C@H]1CC[C@H]2[C@@H]3CC[C@@H]4C[C@H](O)CC[C@]4(C)[C@H]3C[C@H](O)[C@]12C.[Na+]. The molecule has 29 atom stereocenters. The van der Waals surface area contributed by atoms with Crippen molar-refractivity contribution in [3.63, 3.8) is 0 Å². The Morgan fingerprint density at radius 2 is 1.27 bits per heavy atom. The van der Waals surface area contributed by atoms with Crippen molar-refractivity contribution in [2.75, 3.05) is 0 Å². The normalized spacial score (nSPS) is 44.5. The molecule has 7 aliphatic rings. The van der Waals surface area contributed by atoms with Gasteiger partial charge in [-0.25, -0.2) is 0 Å². The second kappa shape index (κ2) is 37.4. The van der Waals surface area contributed by atoms with Gasteiger partial charge in [-0.15, -0.1) is 0 Å². The summed E-state index contributed by atoms with van der Waals surface area (Å²) in [7, 11) is 0. The summed E-state index contributed by atoms with van der Waals surface area (Å²) in [6.07, 6.45) is 12.4. The molecule has 6 fully saturated rings. The molecule has 3 aliphatic heterocycles. The van der Waals surface area contributed by atoms with Crippen LogP contribution >= 0.6 is 0 Å². The molecule has 4 saturated carbocycles. The van der Waals surface area contributed by atoms with Crippen LogP contribution in [0.3, 0.4) is 0 Å². The zero-order chi connectivity index (χ0) is 68.7. The molecule has 0 unspecified atom stereocenters. The fourth-order valence-corrected chi connectivity index (χ4v) is 16.7. The number of hydrogen-bond donors (Lipinski definition) is 14.